The predicted octanol–water partition coefficient (Wildman–Crippen LogP) is -1.81. The molecule has 94 valence electrons. The average molecular weight is 261 g/mol. The number of carbonyl (C=O) groups is 3. The first-order chi connectivity index (χ1) is 8.07. The van der Waals surface area contributed by atoms with Crippen molar-refractivity contribution in [3.8, 4) is 0 Å². The number of imide groups is 2. The largest absolute Gasteiger partial charge is 1.00 e. The Morgan fingerprint density at radius 1 is 1.00 bits per heavy atom. The molecule has 2 aliphatic rings. The topological polar surface area (TPSA) is 75.3 Å². The number of carbonyl (C=O) groups excluding carboxylic acids is 3. The van der Waals surface area contributed by atoms with Crippen molar-refractivity contribution in [3.05, 3.63) is 0 Å². The summed E-state index contributed by atoms with van der Waals surface area (Å²) in [6.07, 6.45) is 3.32. The van der Waals surface area contributed by atoms with Crippen LogP contribution in [0.5, 0.6) is 0 Å². The van der Waals surface area contributed by atoms with Gasteiger partial charge in [-0.05, 0) is 24.7 Å². The second kappa shape index (κ2) is 5.72. The van der Waals surface area contributed by atoms with Crippen molar-refractivity contribution in [2.45, 2.75) is 39.5 Å². The van der Waals surface area contributed by atoms with Crippen LogP contribution < -0.4 is 40.2 Å². The molecule has 1 aliphatic carbocycles. The Morgan fingerprint density at radius 3 is 1.72 bits per heavy atom. The van der Waals surface area contributed by atoms with Crippen LogP contribution in [0.3, 0.4) is 0 Å². The molecule has 1 saturated heterocycles. The number of urea groups is 1. The van der Waals surface area contributed by atoms with Crippen LogP contribution >= 0.6 is 0 Å². The van der Waals surface area contributed by atoms with E-state index >= 15 is 0 Å². The first kappa shape index (κ1) is 15.7. The van der Waals surface area contributed by atoms with Gasteiger partial charge in [-0.3, -0.25) is 20.2 Å². The minimum absolute atomic E-state index is 0. The van der Waals surface area contributed by atoms with Crippen LogP contribution in [0.2, 0.25) is 0 Å². The smallest absolute Gasteiger partial charge is 0.277 e. The van der Waals surface area contributed by atoms with Gasteiger partial charge in [0, 0.05) is 0 Å². The van der Waals surface area contributed by atoms with E-state index in [9.17, 15) is 14.4 Å². The van der Waals surface area contributed by atoms with Crippen molar-refractivity contribution in [2.24, 2.45) is 17.3 Å². The maximum absolute atomic E-state index is 12.2. The molecule has 2 atom stereocenters. The SMILES string of the molecule is CCC1CCC(CC)C12C(=O)NC(=O)NC2=O.[Na+]. The molecule has 4 amide bonds. The third kappa shape index (κ3) is 2.02. The second-order valence-corrected chi connectivity index (χ2v) is 4.89. The van der Waals surface area contributed by atoms with E-state index in [1.807, 2.05) is 13.8 Å². The molecule has 1 spiro atoms. The molecule has 0 aromatic heterocycles. The fourth-order valence-corrected chi connectivity index (χ4v) is 3.53. The van der Waals surface area contributed by atoms with Gasteiger partial charge in [-0.1, -0.05) is 26.7 Å². The third-order valence-electron chi connectivity index (χ3n) is 4.34. The summed E-state index contributed by atoms with van der Waals surface area (Å²) in [5.74, 6) is -0.717. The van der Waals surface area contributed by atoms with Crippen LogP contribution in [-0.4, -0.2) is 17.8 Å². The maximum Gasteiger partial charge on any atom is 1.00 e. The average Bonchev–Trinajstić information content (AvgIpc) is 2.65. The first-order valence-corrected chi connectivity index (χ1v) is 6.24. The van der Waals surface area contributed by atoms with E-state index in [4.69, 9.17) is 0 Å². The Morgan fingerprint density at radius 2 is 1.39 bits per heavy atom. The van der Waals surface area contributed by atoms with Crippen LogP contribution in [0.4, 0.5) is 4.79 Å². The second-order valence-electron chi connectivity index (χ2n) is 4.89. The van der Waals surface area contributed by atoms with Crippen LogP contribution in [0.25, 0.3) is 0 Å². The normalized spacial score (nSPS) is 29.8. The summed E-state index contributed by atoms with van der Waals surface area (Å²) in [7, 11) is 0. The molecular weight excluding hydrogens is 243 g/mol. The summed E-state index contributed by atoms with van der Waals surface area (Å²) in [5, 5.41) is 4.52. The van der Waals surface area contributed by atoms with Gasteiger partial charge in [-0.2, -0.15) is 0 Å². The van der Waals surface area contributed by atoms with E-state index in [1.165, 1.54) is 0 Å². The summed E-state index contributed by atoms with van der Waals surface area (Å²) in [4.78, 5) is 35.5. The van der Waals surface area contributed by atoms with Gasteiger partial charge >= 0.3 is 35.6 Å². The van der Waals surface area contributed by atoms with Crippen molar-refractivity contribution in [1.82, 2.24) is 10.6 Å². The van der Waals surface area contributed by atoms with E-state index < -0.39 is 23.3 Å². The summed E-state index contributed by atoms with van der Waals surface area (Å²) in [6.45, 7) is 3.98. The van der Waals surface area contributed by atoms with Gasteiger partial charge in [0.25, 0.3) is 0 Å². The molecule has 1 saturated carbocycles. The predicted molar refractivity (Wildman–Crippen MR) is 60.9 cm³/mol. The molecule has 5 nitrogen and oxygen atoms in total. The zero-order valence-corrected chi connectivity index (χ0v) is 13.2. The summed E-state index contributed by atoms with van der Waals surface area (Å²) < 4.78 is 0. The Hall–Kier alpha value is -0.390. The number of barbiturate groups is 1. The molecule has 2 unspecified atom stereocenters. The van der Waals surface area contributed by atoms with Crippen LogP contribution in [0.1, 0.15) is 39.5 Å². The molecule has 1 heterocycles. The Labute approximate surface area is 129 Å². The molecule has 0 bridgehead atoms. The van der Waals surface area contributed by atoms with Gasteiger partial charge in [-0.15, -0.1) is 0 Å². The van der Waals surface area contributed by atoms with Crippen molar-refractivity contribution in [3.63, 3.8) is 0 Å². The van der Waals surface area contributed by atoms with E-state index in [1.54, 1.807) is 0 Å². The van der Waals surface area contributed by atoms with Gasteiger partial charge in [0.15, 0.2) is 0 Å². The molecular formula is C12H18N2NaO3+. The number of hydrogen-bond acceptors (Lipinski definition) is 3. The van der Waals surface area contributed by atoms with Gasteiger partial charge in [0.2, 0.25) is 11.8 Å². The van der Waals surface area contributed by atoms with Crippen LogP contribution in [-0.2, 0) is 9.59 Å². The molecule has 0 radical (unpaired) electrons. The minimum Gasteiger partial charge on any atom is -0.277 e. The Kier molecular flexibility index (Phi) is 4.98. The standard InChI is InChI=1S/C12H18N2O3.Na/c1-3-7-5-6-8(4-2)12(7)9(15)13-11(17)14-10(12)16;/h7-8H,3-6H2,1-2H3,(H2,13,14,15,16,17);/q;+1. The fraction of sp³-hybridized carbons (Fsp3) is 0.750. The molecule has 1 aliphatic heterocycles. The molecule has 18 heavy (non-hydrogen) atoms. The maximum atomic E-state index is 12.2. The number of amides is 4. The van der Waals surface area contributed by atoms with Crippen LogP contribution in [0.15, 0.2) is 0 Å². The van der Waals surface area contributed by atoms with Gasteiger partial charge in [-0.25, -0.2) is 4.79 Å². The van der Waals surface area contributed by atoms with Crippen molar-refractivity contribution in [1.29, 1.82) is 0 Å². The Bertz CT molecular complexity index is 350. The van der Waals surface area contributed by atoms with Crippen molar-refractivity contribution >= 4 is 17.8 Å². The summed E-state index contributed by atoms with van der Waals surface area (Å²) >= 11 is 0. The van der Waals surface area contributed by atoms with Gasteiger partial charge in [0.05, 0.1) is 0 Å². The zero-order valence-electron chi connectivity index (χ0n) is 11.2. The van der Waals surface area contributed by atoms with Gasteiger partial charge in [0.1, 0.15) is 5.41 Å². The van der Waals surface area contributed by atoms with E-state index in [-0.39, 0.29) is 41.4 Å². The molecule has 0 aromatic carbocycles. The van der Waals surface area contributed by atoms with Gasteiger partial charge < -0.3 is 0 Å². The summed E-state index contributed by atoms with van der Waals surface area (Å²) in [5.41, 5.74) is -1.02. The molecule has 0 aromatic rings. The first-order valence-electron chi connectivity index (χ1n) is 6.24. The van der Waals surface area contributed by atoms with Crippen molar-refractivity contribution in [2.75, 3.05) is 0 Å². The van der Waals surface area contributed by atoms with E-state index in [0.29, 0.717) is 0 Å². The van der Waals surface area contributed by atoms with E-state index in [0.717, 1.165) is 25.7 Å². The monoisotopic (exact) mass is 261 g/mol. The molecule has 2 fully saturated rings. The number of nitrogens with one attached hydrogen (secondary N) is 2. The Balaban J connectivity index is 0.00000162. The molecule has 2 rings (SSSR count). The molecule has 2 N–H and O–H groups in total. The minimum atomic E-state index is -1.02. The quantitative estimate of drug-likeness (QED) is 0.454. The summed E-state index contributed by atoms with van der Waals surface area (Å²) in [6, 6.07) is -0.692. The number of hydrogen-bond donors (Lipinski definition) is 2. The zero-order chi connectivity index (χ0) is 12.6. The molecule has 6 heteroatoms. The fourth-order valence-electron chi connectivity index (χ4n) is 3.53. The van der Waals surface area contributed by atoms with Crippen LogP contribution in [0, 0.1) is 17.3 Å². The third-order valence-corrected chi connectivity index (χ3v) is 4.34. The number of rotatable bonds is 2. The van der Waals surface area contributed by atoms with E-state index in [2.05, 4.69) is 10.6 Å². The van der Waals surface area contributed by atoms with Crippen molar-refractivity contribution < 1.29 is 43.9 Å².